The second kappa shape index (κ2) is 4.54. The molecule has 2 N–H and O–H groups in total. The summed E-state index contributed by atoms with van der Waals surface area (Å²) in [4.78, 5) is 0. The molecule has 0 aliphatic heterocycles. The molecule has 0 aliphatic carbocycles. The Balaban J connectivity index is 3.30. The van der Waals surface area contributed by atoms with Crippen LogP contribution < -0.4 is 0 Å². The van der Waals surface area contributed by atoms with Crippen LogP contribution in [0.5, 0.6) is 0 Å². The molecule has 0 spiro atoms. The second-order valence-electron chi connectivity index (χ2n) is 1.52. The van der Waals surface area contributed by atoms with Crippen molar-refractivity contribution in [3.63, 3.8) is 0 Å². The van der Waals surface area contributed by atoms with Gasteiger partial charge in [0, 0.05) is 6.42 Å². The molecule has 0 aromatic carbocycles. The van der Waals surface area contributed by atoms with Gasteiger partial charge in [-0.2, -0.15) is 0 Å². The van der Waals surface area contributed by atoms with Gasteiger partial charge in [0.05, 0.1) is 6.61 Å². The van der Waals surface area contributed by atoms with E-state index in [1.165, 1.54) is 0 Å². The largest absolute Gasteiger partial charge is 0.380 e. The zero-order valence-electron chi connectivity index (χ0n) is 4.91. The van der Waals surface area contributed by atoms with Gasteiger partial charge in [0.2, 0.25) is 0 Å². The number of aliphatic hydroxyl groups is 2. The van der Waals surface area contributed by atoms with Crippen LogP contribution in [0.3, 0.4) is 0 Å². The summed E-state index contributed by atoms with van der Waals surface area (Å²) in [6, 6.07) is 0. The SMILES string of the molecule is O=P(Cl)(Cl)OCCC(O)O. The van der Waals surface area contributed by atoms with Crippen LogP contribution in [0.4, 0.5) is 0 Å². The van der Waals surface area contributed by atoms with E-state index in [9.17, 15) is 4.57 Å². The van der Waals surface area contributed by atoms with Gasteiger partial charge in [0.15, 0.2) is 6.29 Å². The van der Waals surface area contributed by atoms with E-state index in [0.29, 0.717) is 0 Å². The van der Waals surface area contributed by atoms with Crippen LogP contribution >= 0.6 is 28.6 Å². The van der Waals surface area contributed by atoms with Gasteiger partial charge < -0.3 is 14.7 Å². The van der Waals surface area contributed by atoms with Crippen molar-refractivity contribution >= 4 is 28.6 Å². The Bertz CT molecular complexity index is 132. The summed E-state index contributed by atoms with van der Waals surface area (Å²) in [6.07, 6.45) is -5.05. The lowest BCUT2D eigenvalue weighted by molar-refractivity contribution is -0.0514. The minimum absolute atomic E-state index is 0.0660. The average molecular weight is 209 g/mol. The van der Waals surface area contributed by atoms with Crippen LogP contribution in [0, 0.1) is 0 Å². The molecule has 0 rings (SSSR count). The van der Waals surface area contributed by atoms with Gasteiger partial charge in [0.25, 0.3) is 0 Å². The highest BCUT2D eigenvalue weighted by molar-refractivity contribution is 8.05. The maximum Gasteiger partial charge on any atom is 0.380 e. The van der Waals surface area contributed by atoms with E-state index in [0.717, 1.165) is 0 Å². The Morgan fingerprint density at radius 2 is 2.00 bits per heavy atom. The molecule has 0 aliphatic rings. The zero-order chi connectivity index (χ0) is 8.20. The van der Waals surface area contributed by atoms with E-state index in [1.807, 2.05) is 0 Å². The van der Waals surface area contributed by atoms with Gasteiger partial charge >= 0.3 is 6.07 Å². The lowest BCUT2D eigenvalue weighted by Crippen LogP contribution is -2.06. The molecule has 0 atom stereocenters. The number of hydrogen-bond acceptors (Lipinski definition) is 4. The highest BCUT2D eigenvalue weighted by Crippen LogP contribution is 2.57. The first-order valence-electron chi connectivity index (χ1n) is 2.42. The first kappa shape index (κ1) is 10.7. The Kier molecular flexibility index (Phi) is 4.86. The van der Waals surface area contributed by atoms with Crippen LogP contribution in [0.1, 0.15) is 6.42 Å². The fourth-order valence-electron chi connectivity index (χ4n) is 0.264. The molecule has 10 heavy (non-hydrogen) atoms. The molecular weight excluding hydrogens is 202 g/mol. The molecule has 0 saturated heterocycles. The molecule has 7 heteroatoms. The summed E-state index contributed by atoms with van der Waals surface area (Å²) in [5.74, 6) is 0. The fraction of sp³-hybridized carbons (Fsp3) is 1.00. The molecular formula is C3H7Cl2O4P. The van der Waals surface area contributed by atoms with Crippen LogP contribution in [0.15, 0.2) is 0 Å². The standard InChI is InChI=1S/C3H7Cl2O4P/c4-10(5,8)9-2-1-3(6)7/h3,6-7H,1-2H2. The van der Waals surface area contributed by atoms with Crippen LogP contribution in [-0.4, -0.2) is 23.1 Å². The van der Waals surface area contributed by atoms with Crippen LogP contribution in [0.25, 0.3) is 0 Å². The van der Waals surface area contributed by atoms with E-state index >= 15 is 0 Å². The number of halogens is 2. The summed E-state index contributed by atoms with van der Waals surface area (Å²) >= 11 is 9.90. The normalized spacial score (nSPS) is 12.5. The first-order valence-corrected chi connectivity index (χ1v) is 5.85. The van der Waals surface area contributed by atoms with Crippen molar-refractivity contribution in [2.45, 2.75) is 12.7 Å². The monoisotopic (exact) mass is 208 g/mol. The third-order valence-electron chi connectivity index (χ3n) is 0.618. The van der Waals surface area contributed by atoms with E-state index in [-0.39, 0.29) is 13.0 Å². The van der Waals surface area contributed by atoms with Gasteiger partial charge in [-0.15, -0.1) is 0 Å². The summed E-state index contributed by atoms with van der Waals surface area (Å²) in [7, 11) is 0. The van der Waals surface area contributed by atoms with Crippen molar-refractivity contribution in [3.8, 4) is 0 Å². The molecule has 62 valence electrons. The zero-order valence-corrected chi connectivity index (χ0v) is 7.31. The van der Waals surface area contributed by atoms with Crippen molar-refractivity contribution in [2.75, 3.05) is 6.61 Å². The Labute approximate surface area is 67.7 Å². The van der Waals surface area contributed by atoms with E-state index in [2.05, 4.69) is 4.52 Å². The van der Waals surface area contributed by atoms with Crippen molar-refractivity contribution in [1.82, 2.24) is 0 Å². The predicted octanol–water partition coefficient (Wildman–Crippen LogP) is 1.29. The Hall–Kier alpha value is 0.690. The highest BCUT2D eigenvalue weighted by Gasteiger charge is 2.13. The molecule has 0 aromatic rings. The van der Waals surface area contributed by atoms with Gasteiger partial charge in [-0.05, 0) is 22.5 Å². The van der Waals surface area contributed by atoms with Gasteiger partial charge in [-0.3, -0.25) is 4.57 Å². The third-order valence-corrected chi connectivity index (χ3v) is 1.69. The number of aliphatic hydroxyl groups excluding tert-OH is 1. The molecule has 0 fully saturated rings. The maximum atomic E-state index is 10.3. The summed E-state index contributed by atoms with van der Waals surface area (Å²) < 4.78 is 14.6. The fourth-order valence-corrected chi connectivity index (χ4v) is 0.996. The van der Waals surface area contributed by atoms with Gasteiger partial charge in [0.1, 0.15) is 0 Å². The van der Waals surface area contributed by atoms with Gasteiger partial charge in [-0.1, -0.05) is 0 Å². The molecule has 4 nitrogen and oxygen atoms in total. The highest BCUT2D eigenvalue weighted by atomic mass is 35.9. The Morgan fingerprint density at radius 1 is 1.50 bits per heavy atom. The van der Waals surface area contributed by atoms with E-state index < -0.39 is 12.4 Å². The molecule has 0 saturated carbocycles. The predicted molar refractivity (Wildman–Crippen MR) is 38.1 cm³/mol. The minimum Gasteiger partial charge on any atom is -0.368 e. The van der Waals surface area contributed by atoms with Crippen molar-refractivity contribution in [1.29, 1.82) is 0 Å². The summed E-state index contributed by atoms with van der Waals surface area (Å²) in [5, 5.41) is 16.5. The second-order valence-corrected chi connectivity index (χ2v) is 5.79. The third kappa shape index (κ3) is 8.69. The Morgan fingerprint density at radius 3 is 2.30 bits per heavy atom. The molecule has 0 amide bonds. The first-order chi connectivity index (χ1) is 4.42. The number of hydrogen-bond donors (Lipinski definition) is 2. The van der Waals surface area contributed by atoms with E-state index in [1.54, 1.807) is 0 Å². The summed E-state index contributed by atoms with van der Waals surface area (Å²) in [6.45, 7) is -0.137. The van der Waals surface area contributed by atoms with Gasteiger partial charge in [-0.25, -0.2) is 0 Å². The van der Waals surface area contributed by atoms with Crippen LogP contribution in [0.2, 0.25) is 0 Å². The quantitative estimate of drug-likeness (QED) is 0.540. The smallest absolute Gasteiger partial charge is 0.368 e. The van der Waals surface area contributed by atoms with Crippen molar-refractivity contribution in [2.24, 2.45) is 0 Å². The number of rotatable bonds is 4. The lowest BCUT2D eigenvalue weighted by Gasteiger charge is -2.04. The molecule has 0 aromatic heterocycles. The minimum atomic E-state index is -3.50. The molecule has 0 radical (unpaired) electrons. The van der Waals surface area contributed by atoms with Crippen molar-refractivity contribution in [3.05, 3.63) is 0 Å². The van der Waals surface area contributed by atoms with Crippen molar-refractivity contribution < 1.29 is 19.3 Å². The molecule has 0 bridgehead atoms. The summed E-state index contributed by atoms with van der Waals surface area (Å²) in [5.41, 5.74) is 0. The molecule has 0 heterocycles. The topological polar surface area (TPSA) is 66.8 Å². The maximum absolute atomic E-state index is 10.3. The van der Waals surface area contributed by atoms with E-state index in [4.69, 9.17) is 32.7 Å². The molecule has 0 unspecified atom stereocenters. The lowest BCUT2D eigenvalue weighted by atomic mass is 10.5. The van der Waals surface area contributed by atoms with Crippen LogP contribution in [-0.2, 0) is 9.09 Å². The average Bonchev–Trinajstić information content (AvgIpc) is 1.59.